The molecular formula is C16H16ClF2N3S3. The molecule has 0 radical (unpaired) electrons. The van der Waals surface area contributed by atoms with Crippen molar-refractivity contribution in [1.82, 2.24) is 4.37 Å². The van der Waals surface area contributed by atoms with Crippen LogP contribution in [0.2, 0.25) is 5.02 Å². The van der Waals surface area contributed by atoms with Crippen LogP contribution >= 0.6 is 45.8 Å². The van der Waals surface area contributed by atoms with E-state index in [1.807, 2.05) is 11.4 Å². The topological polar surface area (TPSA) is 50.9 Å². The molecule has 3 nitrogen and oxygen atoms in total. The third-order valence-electron chi connectivity index (χ3n) is 4.48. The smallest absolute Gasteiger partial charge is 0.248 e. The fourth-order valence-corrected chi connectivity index (χ4v) is 6.21. The van der Waals surface area contributed by atoms with Crippen molar-refractivity contribution in [2.75, 3.05) is 5.32 Å². The lowest BCUT2D eigenvalue weighted by molar-refractivity contribution is -0.116. The molecule has 1 atom stereocenters. The van der Waals surface area contributed by atoms with Crippen LogP contribution in [0.15, 0.2) is 17.5 Å². The van der Waals surface area contributed by atoms with Crippen LogP contribution in [0.1, 0.15) is 22.6 Å². The highest BCUT2D eigenvalue weighted by Crippen LogP contribution is 2.46. The Morgan fingerprint density at radius 1 is 1.44 bits per heavy atom. The summed E-state index contributed by atoms with van der Waals surface area (Å²) < 4.78 is 31.6. The molecule has 1 aliphatic rings. The van der Waals surface area contributed by atoms with Gasteiger partial charge in [-0.05, 0) is 35.3 Å². The van der Waals surface area contributed by atoms with Gasteiger partial charge in [0.15, 0.2) is 0 Å². The molecule has 4 rings (SSSR count). The van der Waals surface area contributed by atoms with E-state index < -0.39 is 5.92 Å². The predicted octanol–water partition coefficient (Wildman–Crippen LogP) is 5.60. The molecule has 0 bridgehead atoms. The van der Waals surface area contributed by atoms with Crippen LogP contribution in [-0.4, -0.2) is 16.3 Å². The Morgan fingerprint density at radius 3 is 2.92 bits per heavy atom. The molecule has 9 heteroatoms. The second-order valence-corrected chi connectivity index (χ2v) is 9.64. The minimum atomic E-state index is -2.54. The Hall–Kier alpha value is -0.800. The van der Waals surface area contributed by atoms with Gasteiger partial charge in [0.2, 0.25) is 5.92 Å². The summed E-state index contributed by atoms with van der Waals surface area (Å²) in [5.74, 6) is -2.67. The zero-order chi connectivity index (χ0) is 17.6. The van der Waals surface area contributed by atoms with Crippen molar-refractivity contribution < 1.29 is 8.78 Å². The summed E-state index contributed by atoms with van der Waals surface area (Å²) in [5, 5.41) is 7.06. The van der Waals surface area contributed by atoms with Gasteiger partial charge in [-0.3, -0.25) is 0 Å². The Balaban J connectivity index is 1.48. The third-order valence-corrected chi connectivity index (χ3v) is 8.03. The van der Waals surface area contributed by atoms with Gasteiger partial charge in [0, 0.05) is 28.6 Å². The van der Waals surface area contributed by atoms with Crippen LogP contribution < -0.4 is 11.1 Å². The third kappa shape index (κ3) is 3.55. The lowest BCUT2D eigenvalue weighted by atomic mass is 9.75. The van der Waals surface area contributed by atoms with Gasteiger partial charge in [0.25, 0.3) is 0 Å². The molecule has 134 valence electrons. The monoisotopic (exact) mass is 419 g/mol. The quantitative estimate of drug-likeness (QED) is 0.546. The summed E-state index contributed by atoms with van der Waals surface area (Å²) in [4.78, 5) is 2.19. The Kier molecular flexibility index (Phi) is 4.74. The highest BCUT2D eigenvalue weighted by atomic mass is 35.5. The van der Waals surface area contributed by atoms with Gasteiger partial charge in [-0.1, -0.05) is 17.7 Å². The summed E-state index contributed by atoms with van der Waals surface area (Å²) in [6, 6.07) is 3.82. The number of halogens is 3. The highest BCUT2D eigenvalue weighted by Gasteiger charge is 2.47. The molecule has 1 saturated carbocycles. The van der Waals surface area contributed by atoms with Crippen molar-refractivity contribution >= 4 is 61.0 Å². The van der Waals surface area contributed by atoms with Crippen molar-refractivity contribution in [3.8, 4) is 0 Å². The van der Waals surface area contributed by atoms with E-state index in [4.69, 9.17) is 17.3 Å². The van der Waals surface area contributed by atoms with Gasteiger partial charge in [-0.15, -0.1) is 22.7 Å². The number of rotatable bonds is 6. The molecular weight excluding hydrogens is 404 g/mol. The molecule has 3 heterocycles. The maximum absolute atomic E-state index is 13.0. The summed E-state index contributed by atoms with van der Waals surface area (Å²) in [7, 11) is 0. The molecule has 25 heavy (non-hydrogen) atoms. The number of nitrogens with one attached hydrogen (secondary N) is 1. The van der Waals surface area contributed by atoms with Crippen LogP contribution in [0.4, 0.5) is 13.8 Å². The summed E-state index contributed by atoms with van der Waals surface area (Å²) in [6.45, 7) is 0.747. The molecule has 3 aromatic rings. The molecule has 3 N–H and O–H groups in total. The Bertz CT molecular complexity index is 867. The molecule has 0 saturated heterocycles. The summed E-state index contributed by atoms with van der Waals surface area (Å²) in [6.07, 6.45) is 0.295. The van der Waals surface area contributed by atoms with E-state index in [0.29, 0.717) is 11.4 Å². The molecule has 1 fully saturated rings. The van der Waals surface area contributed by atoms with Crippen LogP contribution in [-0.2, 0) is 13.0 Å². The van der Waals surface area contributed by atoms with Gasteiger partial charge in [-0.25, -0.2) is 8.78 Å². The van der Waals surface area contributed by atoms with E-state index in [0.717, 1.165) is 26.6 Å². The minimum absolute atomic E-state index is 0.114. The fraction of sp³-hybridized carbons (Fsp3) is 0.438. The number of hydrogen-bond acceptors (Lipinski definition) is 6. The first-order valence-electron chi connectivity index (χ1n) is 7.89. The summed E-state index contributed by atoms with van der Waals surface area (Å²) >= 11 is 11.1. The van der Waals surface area contributed by atoms with E-state index in [1.165, 1.54) is 16.4 Å². The molecule has 0 spiro atoms. The number of thiophene rings is 2. The van der Waals surface area contributed by atoms with Crippen LogP contribution in [0.5, 0.6) is 0 Å². The van der Waals surface area contributed by atoms with Crippen molar-refractivity contribution in [3.63, 3.8) is 0 Å². The zero-order valence-electron chi connectivity index (χ0n) is 13.1. The number of hydrogen-bond donors (Lipinski definition) is 2. The van der Waals surface area contributed by atoms with Crippen LogP contribution in [0.3, 0.4) is 0 Å². The Labute approximate surface area is 161 Å². The molecule has 1 aliphatic carbocycles. The number of aromatic nitrogens is 1. The van der Waals surface area contributed by atoms with Crippen LogP contribution in [0, 0.1) is 5.92 Å². The normalized spacial score (nSPS) is 18.4. The second-order valence-electron chi connectivity index (χ2n) is 6.35. The van der Waals surface area contributed by atoms with Gasteiger partial charge >= 0.3 is 0 Å². The van der Waals surface area contributed by atoms with Crippen molar-refractivity contribution in [3.05, 3.63) is 32.3 Å². The van der Waals surface area contributed by atoms with Gasteiger partial charge in [0.1, 0.15) is 10.5 Å². The number of nitrogens with two attached hydrogens (primary N) is 1. The maximum atomic E-state index is 13.0. The van der Waals surface area contributed by atoms with Crippen molar-refractivity contribution in [2.45, 2.75) is 37.8 Å². The fourth-order valence-electron chi connectivity index (χ4n) is 3.03. The molecule has 3 aromatic heterocycles. The largest absolute Gasteiger partial charge is 0.370 e. The average Bonchev–Trinajstić information content (AvgIpc) is 3.23. The molecule has 0 aliphatic heterocycles. The molecule has 0 amide bonds. The zero-order valence-corrected chi connectivity index (χ0v) is 16.3. The number of anilines is 1. The second kappa shape index (κ2) is 6.74. The SMILES string of the molecule is N[C@H](Cc1sc2c(NCc3cccs3)snc2c1Cl)C1CC(F)(F)C1. The first kappa shape index (κ1) is 17.6. The molecule has 0 unspecified atom stereocenters. The number of alkyl halides is 2. The van der Waals surface area contributed by atoms with E-state index in [1.54, 1.807) is 22.7 Å². The first-order chi connectivity index (χ1) is 11.9. The highest BCUT2D eigenvalue weighted by molar-refractivity contribution is 7.25. The first-order valence-corrected chi connectivity index (χ1v) is 10.7. The van der Waals surface area contributed by atoms with E-state index in [-0.39, 0.29) is 24.8 Å². The maximum Gasteiger partial charge on any atom is 0.248 e. The van der Waals surface area contributed by atoms with Gasteiger partial charge < -0.3 is 11.1 Å². The lowest BCUT2D eigenvalue weighted by Gasteiger charge is -2.38. The van der Waals surface area contributed by atoms with Crippen LogP contribution in [0.25, 0.3) is 10.2 Å². The minimum Gasteiger partial charge on any atom is -0.370 e. The van der Waals surface area contributed by atoms with E-state index >= 15 is 0 Å². The van der Waals surface area contributed by atoms with Crippen molar-refractivity contribution in [2.24, 2.45) is 11.7 Å². The van der Waals surface area contributed by atoms with E-state index in [2.05, 4.69) is 15.8 Å². The summed E-state index contributed by atoms with van der Waals surface area (Å²) in [5.41, 5.74) is 6.92. The van der Waals surface area contributed by atoms with E-state index in [9.17, 15) is 8.78 Å². The molecule has 0 aromatic carbocycles. The predicted molar refractivity (Wildman–Crippen MR) is 104 cm³/mol. The number of fused-ring (bicyclic) bond motifs is 1. The number of nitrogens with zero attached hydrogens (tertiary/aromatic N) is 1. The lowest BCUT2D eigenvalue weighted by Crippen LogP contribution is -2.46. The van der Waals surface area contributed by atoms with Gasteiger partial charge in [0.05, 0.1) is 16.3 Å². The Morgan fingerprint density at radius 2 is 2.24 bits per heavy atom. The van der Waals surface area contributed by atoms with Crippen molar-refractivity contribution in [1.29, 1.82) is 0 Å². The van der Waals surface area contributed by atoms with Gasteiger partial charge in [-0.2, -0.15) is 4.37 Å². The average molecular weight is 420 g/mol. The standard InChI is InChI=1S/C16H16ClF2N3S3/c17-12-11(4-10(20)8-5-16(18,19)6-8)24-14-13(12)22-25-15(14)21-7-9-2-1-3-23-9/h1-3,8,10,21H,4-7,20H2/t10-/m1/s1.